The Morgan fingerprint density at radius 2 is 2.00 bits per heavy atom. The van der Waals surface area contributed by atoms with Crippen molar-refractivity contribution in [1.82, 2.24) is 10.2 Å². The molecule has 0 saturated carbocycles. The molecule has 1 amide bonds. The van der Waals surface area contributed by atoms with Crippen LogP contribution in [-0.2, 0) is 4.79 Å². The van der Waals surface area contributed by atoms with Crippen molar-refractivity contribution in [3.63, 3.8) is 0 Å². The van der Waals surface area contributed by atoms with Crippen LogP contribution >= 0.6 is 0 Å². The number of aromatic nitrogens is 2. The highest BCUT2D eigenvalue weighted by molar-refractivity contribution is 5.93. The van der Waals surface area contributed by atoms with Gasteiger partial charge in [0.05, 0.1) is 12.2 Å². The van der Waals surface area contributed by atoms with Crippen LogP contribution in [0.3, 0.4) is 0 Å². The summed E-state index contributed by atoms with van der Waals surface area (Å²) in [5.41, 5.74) is 1.27. The number of nitrogens with one attached hydrogen (secondary N) is 1. The van der Waals surface area contributed by atoms with Crippen LogP contribution in [0.1, 0.15) is 12.8 Å². The standard InChI is InChI=1S/C20H19FN4O2/c21-15-5-7-16(8-6-15)22-20(26)14-3-1-11-25(13-14)19-10-9-17(23-24-19)18-4-2-12-27-18/h2,4-10,12,14H,1,3,11,13H2,(H,22,26). The highest BCUT2D eigenvalue weighted by Crippen LogP contribution is 2.24. The first kappa shape index (κ1) is 17.2. The Morgan fingerprint density at radius 1 is 1.15 bits per heavy atom. The van der Waals surface area contributed by atoms with Gasteiger partial charge in [-0.15, -0.1) is 10.2 Å². The van der Waals surface area contributed by atoms with Gasteiger partial charge in [-0.25, -0.2) is 4.39 Å². The summed E-state index contributed by atoms with van der Waals surface area (Å²) in [6.07, 6.45) is 3.30. The van der Waals surface area contributed by atoms with E-state index < -0.39 is 0 Å². The van der Waals surface area contributed by atoms with Crippen molar-refractivity contribution in [2.75, 3.05) is 23.3 Å². The van der Waals surface area contributed by atoms with E-state index in [1.54, 1.807) is 24.5 Å². The number of carbonyl (C=O) groups excluding carboxylic acids is 1. The lowest BCUT2D eigenvalue weighted by atomic mass is 9.97. The molecule has 3 aromatic rings. The largest absolute Gasteiger partial charge is 0.463 e. The number of amides is 1. The van der Waals surface area contributed by atoms with E-state index in [9.17, 15) is 9.18 Å². The first-order valence-corrected chi connectivity index (χ1v) is 8.88. The van der Waals surface area contributed by atoms with Crippen molar-refractivity contribution < 1.29 is 13.6 Å². The molecule has 1 fully saturated rings. The molecule has 1 aromatic carbocycles. The SMILES string of the molecule is O=C(Nc1ccc(F)cc1)C1CCCN(c2ccc(-c3ccco3)nn2)C1. The summed E-state index contributed by atoms with van der Waals surface area (Å²) in [6, 6.07) is 13.2. The number of carbonyl (C=O) groups is 1. The maximum absolute atomic E-state index is 13.0. The zero-order chi connectivity index (χ0) is 18.6. The lowest BCUT2D eigenvalue weighted by molar-refractivity contribution is -0.120. The second-order valence-electron chi connectivity index (χ2n) is 6.54. The van der Waals surface area contributed by atoms with Gasteiger partial charge in [-0.3, -0.25) is 4.79 Å². The highest BCUT2D eigenvalue weighted by Gasteiger charge is 2.27. The number of benzene rings is 1. The fourth-order valence-electron chi connectivity index (χ4n) is 3.23. The van der Waals surface area contributed by atoms with Crippen LogP contribution in [0, 0.1) is 11.7 Å². The van der Waals surface area contributed by atoms with Gasteiger partial charge in [0.1, 0.15) is 11.5 Å². The Morgan fingerprint density at radius 3 is 2.70 bits per heavy atom. The van der Waals surface area contributed by atoms with Gasteiger partial charge in [0.2, 0.25) is 5.91 Å². The molecule has 0 bridgehead atoms. The summed E-state index contributed by atoms with van der Waals surface area (Å²) in [6.45, 7) is 1.40. The van der Waals surface area contributed by atoms with Crippen LogP contribution < -0.4 is 10.2 Å². The van der Waals surface area contributed by atoms with E-state index in [4.69, 9.17) is 4.42 Å². The molecule has 2 aromatic heterocycles. The molecule has 1 aliphatic rings. The summed E-state index contributed by atoms with van der Waals surface area (Å²) >= 11 is 0. The topological polar surface area (TPSA) is 71.3 Å². The molecule has 0 spiro atoms. The minimum absolute atomic E-state index is 0.0635. The highest BCUT2D eigenvalue weighted by atomic mass is 19.1. The molecule has 1 aliphatic heterocycles. The van der Waals surface area contributed by atoms with Crippen molar-refractivity contribution in [3.8, 4) is 11.5 Å². The maximum atomic E-state index is 13.0. The molecule has 1 N–H and O–H groups in total. The quantitative estimate of drug-likeness (QED) is 0.762. The summed E-state index contributed by atoms with van der Waals surface area (Å²) < 4.78 is 18.3. The third-order valence-electron chi connectivity index (χ3n) is 4.65. The number of hydrogen-bond acceptors (Lipinski definition) is 5. The van der Waals surface area contributed by atoms with Crippen LogP contribution in [0.5, 0.6) is 0 Å². The summed E-state index contributed by atoms with van der Waals surface area (Å²) in [7, 11) is 0. The average Bonchev–Trinajstić information content (AvgIpc) is 3.25. The van der Waals surface area contributed by atoms with Crippen LogP contribution in [-0.4, -0.2) is 29.2 Å². The Balaban J connectivity index is 1.41. The van der Waals surface area contributed by atoms with Crippen molar-refractivity contribution in [3.05, 3.63) is 60.6 Å². The third kappa shape index (κ3) is 3.97. The minimum atomic E-state index is -0.326. The van der Waals surface area contributed by atoms with E-state index in [2.05, 4.69) is 20.4 Å². The zero-order valence-corrected chi connectivity index (χ0v) is 14.6. The Kier molecular flexibility index (Phi) is 4.82. The molecule has 0 aliphatic carbocycles. The van der Waals surface area contributed by atoms with Gasteiger partial charge >= 0.3 is 0 Å². The number of anilines is 2. The Hall–Kier alpha value is -3.22. The van der Waals surface area contributed by atoms with Gasteiger partial charge in [0.15, 0.2) is 11.6 Å². The molecule has 4 rings (SSSR count). The average molecular weight is 366 g/mol. The molecule has 138 valence electrons. The van der Waals surface area contributed by atoms with Crippen LogP contribution in [0.4, 0.5) is 15.9 Å². The third-order valence-corrected chi connectivity index (χ3v) is 4.65. The number of hydrogen-bond donors (Lipinski definition) is 1. The number of rotatable bonds is 4. The van der Waals surface area contributed by atoms with Crippen molar-refractivity contribution in [1.29, 1.82) is 0 Å². The summed E-state index contributed by atoms with van der Waals surface area (Å²) in [4.78, 5) is 14.6. The number of halogens is 1. The van der Waals surface area contributed by atoms with Crippen LogP contribution in [0.15, 0.2) is 59.2 Å². The molecule has 27 heavy (non-hydrogen) atoms. The molecular weight excluding hydrogens is 347 g/mol. The zero-order valence-electron chi connectivity index (χ0n) is 14.6. The Bertz CT molecular complexity index is 895. The molecule has 1 atom stereocenters. The molecule has 0 radical (unpaired) electrons. The van der Waals surface area contributed by atoms with Gasteiger partial charge in [0, 0.05) is 18.8 Å². The van der Waals surface area contributed by atoms with E-state index >= 15 is 0 Å². The van der Waals surface area contributed by atoms with Gasteiger partial charge in [-0.05, 0) is 61.4 Å². The van der Waals surface area contributed by atoms with E-state index in [-0.39, 0.29) is 17.6 Å². The normalized spacial score (nSPS) is 16.9. The fourth-order valence-corrected chi connectivity index (χ4v) is 3.23. The smallest absolute Gasteiger partial charge is 0.229 e. The Labute approximate surface area is 156 Å². The predicted octanol–water partition coefficient (Wildman–Crippen LogP) is 3.73. The molecule has 6 nitrogen and oxygen atoms in total. The molecule has 3 heterocycles. The first-order chi connectivity index (χ1) is 13.2. The molecule has 7 heteroatoms. The minimum Gasteiger partial charge on any atom is -0.463 e. The maximum Gasteiger partial charge on any atom is 0.229 e. The molecule has 1 unspecified atom stereocenters. The molecular formula is C20H19FN4O2. The van der Waals surface area contributed by atoms with Gasteiger partial charge < -0.3 is 14.6 Å². The van der Waals surface area contributed by atoms with E-state index in [0.717, 1.165) is 25.2 Å². The van der Waals surface area contributed by atoms with Crippen molar-refractivity contribution in [2.45, 2.75) is 12.8 Å². The van der Waals surface area contributed by atoms with Gasteiger partial charge in [-0.1, -0.05) is 0 Å². The lowest BCUT2D eigenvalue weighted by Crippen LogP contribution is -2.41. The van der Waals surface area contributed by atoms with Crippen LogP contribution in [0.2, 0.25) is 0 Å². The number of nitrogens with zero attached hydrogens (tertiary/aromatic N) is 3. The fraction of sp³-hybridized carbons (Fsp3) is 0.250. The first-order valence-electron chi connectivity index (χ1n) is 8.88. The van der Waals surface area contributed by atoms with E-state index in [0.29, 0.717) is 23.7 Å². The van der Waals surface area contributed by atoms with E-state index in [1.807, 2.05) is 18.2 Å². The lowest BCUT2D eigenvalue weighted by Gasteiger charge is -2.32. The van der Waals surface area contributed by atoms with Crippen LogP contribution in [0.25, 0.3) is 11.5 Å². The van der Waals surface area contributed by atoms with E-state index in [1.165, 1.54) is 12.1 Å². The number of piperidine rings is 1. The second kappa shape index (κ2) is 7.57. The number of furan rings is 1. The van der Waals surface area contributed by atoms with Crippen molar-refractivity contribution in [2.24, 2.45) is 5.92 Å². The predicted molar refractivity (Wildman–Crippen MR) is 99.7 cm³/mol. The second-order valence-corrected chi connectivity index (χ2v) is 6.54. The summed E-state index contributed by atoms with van der Waals surface area (Å²) in [5, 5.41) is 11.4. The van der Waals surface area contributed by atoms with Gasteiger partial charge in [-0.2, -0.15) is 0 Å². The monoisotopic (exact) mass is 366 g/mol. The molecule has 1 saturated heterocycles. The van der Waals surface area contributed by atoms with Crippen molar-refractivity contribution >= 4 is 17.4 Å². The summed E-state index contributed by atoms with van der Waals surface area (Å²) in [5.74, 6) is 0.865. The van der Waals surface area contributed by atoms with Gasteiger partial charge in [0.25, 0.3) is 0 Å².